The first-order valence-corrected chi connectivity index (χ1v) is 10.6. The molecule has 0 amide bonds. The van der Waals surface area contributed by atoms with E-state index in [4.69, 9.17) is 9.97 Å². The number of aromatic nitrogens is 4. The van der Waals surface area contributed by atoms with E-state index in [0.29, 0.717) is 23.0 Å². The summed E-state index contributed by atoms with van der Waals surface area (Å²) in [7, 11) is 0. The molecule has 7 heteroatoms. The highest BCUT2D eigenvalue weighted by Gasteiger charge is 2.27. The van der Waals surface area contributed by atoms with Gasteiger partial charge in [0, 0.05) is 34.9 Å². The van der Waals surface area contributed by atoms with Gasteiger partial charge in [0.15, 0.2) is 0 Å². The minimum Gasteiger partial charge on any atom is -0.340 e. The van der Waals surface area contributed by atoms with Gasteiger partial charge in [0.25, 0.3) is 0 Å². The molecule has 0 spiro atoms. The van der Waals surface area contributed by atoms with Crippen LogP contribution in [-0.4, -0.2) is 19.9 Å². The second-order valence-electron chi connectivity index (χ2n) is 7.45. The number of nitrogens with one attached hydrogen (secondary N) is 1. The molecule has 0 atom stereocenters. The van der Waals surface area contributed by atoms with Gasteiger partial charge in [-0.25, -0.2) is 14.4 Å². The number of hydrogen-bond donors (Lipinski definition) is 1. The maximum Gasteiger partial charge on any atom is 0.142 e. The number of benzene rings is 1. The van der Waals surface area contributed by atoms with Crippen molar-refractivity contribution in [3.63, 3.8) is 0 Å². The minimum atomic E-state index is -0.396. The zero-order chi connectivity index (χ0) is 20.1. The van der Waals surface area contributed by atoms with Crippen LogP contribution in [0.1, 0.15) is 23.8 Å². The van der Waals surface area contributed by atoms with E-state index in [1.165, 1.54) is 30.1 Å². The van der Waals surface area contributed by atoms with Gasteiger partial charge in [-0.1, -0.05) is 0 Å². The molecule has 1 N–H and O–H groups in total. The Morgan fingerprint density at radius 1 is 1.00 bits per heavy atom. The van der Waals surface area contributed by atoms with Crippen molar-refractivity contribution >= 4 is 44.0 Å². The number of rotatable bonds is 4. The van der Waals surface area contributed by atoms with Crippen molar-refractivity contribution in [1.29, 1.82) is 0 Å². The van der Waals surface area contributed by atoms with Crippen molar-refractivity contribution < 1.29 is 4.39 Å². The summed E-state index contributed by atoms with van der Waals surface area (Å²) in [5, 5.41) is 5.56. The van der Waals surface area contributed by atoms with Gasteiger partial charge in [-0.2, -0.15) is 0 Å². The molecule has 1 aliphatic rings. The first kappa shape index (κ1) is 17.4. The SMILES string of the molecule is Fc1cncc(-c2cc3ncccc3c(Nc3ccc4nc(C5CC5)sc4c3)n2)c1. The maximum atomic E-state index is 13.7. The van der Waals surface area contributed by atoms with Crippen molar-refractivity contribution in [1.82, 2.24) is 19.9 Å². The zero-order valence-electron chi connectivity index (χ0n) is 15.8. The third kappa shape index (κ3) is 3.17. The monoisotopic (exact) mass is 413 g/mol. The van der Waals surface area contributed by atoms with Gasteiger partial charge in [0.05, 0.1) is 32.6 Å². The Bertz CT molecular complexity index is 1410. The highest BCUT2D eigenvalue weighted by Crippen LogP contribution is 2.43. The Balaban J connectivity index is 1.44. The highest BCUT2D eigenvalue weighted by atomic mass is 32.1. The van der Waals surface area contributed by atoms with E-state index in [2.05, 4.69) is 21.4 Å². The predicted octanol–water partition coefficient (Wildman–Crippen LogP) is 6.06. The summed E-state index contributed by atoms with van der Waals surface area (Å²) in [4.78, 5) is 17.9. The van der Waals surface area contributed by atoms with Gasteiger partial charge in [-0.15, -0.1) is 11.3 Å². The largest absolute Gasteiger partial charge is 0.340 e. The molecule has 1 saturated carbocycles. The molecule has 4 aromatic heterocycles. The van der Waals surface area contributed by atoms with Crippen LogP contribution in [0.4, 0.5) is 15.9 Å². The fourth-order valence-electron chi connectivity index (χ4n) is 3.53. The normalized spacial score (nSPS) is 13.8. The molecule has 1 aliphatic carbocycles. The van der Waals surface area contributed by atoms with Crippen LogP contribution < -0.4 is 5.32 Å². The molecule has 0 aliphatic heterocycles. The zero-order valence-corrected chi connectivity index (χ0v) is 16.7. The summed E-state index contributed by atoms with van der Waals surface area (Å²) in [6.07, 6.45) is 7.02. The highest BCUT2D eigenvalue weighted by molar-refractivity contribution is 7.18. The standard InChI is InChI=1S/C23H16FN5S/c24-15-8-14(11-25-12-15)19-10-20-17(2-1-7-26-20)22(28-19)27-16-5-6-18-21(9-16)30-23(29-18)13-3-4-13/h1-2,5-13H,3-4H2,(H,27,28). The van der Waals surface area contributed by atoms with Crippen LogP contribution in [0.25, 0.3) is 32.4 Å². The molecule has 0 radical (unpaired) electrons. The molecular formula is C23H16FN5S. The maximum absolute atomic E-state index is 13.7. The molecule has 1 fully saturated rings. The van der Waals surface area contributed by atoms with Crippen molar-refractivity contribution in [3.05, 3.63) is 71.9 Å². The average Bonchev–Trinajstić information content (AvgIpc) is 3.53. The van der Waals surface area contributed by atoms with E-state index >= 15 is 0 Å². The van der Waals surface area contributed by atoms with Crippen molar-refractivity contribution in [3.8, 4) is 11.3 Å². The molecule has 30 heavy (non-hydrogen) atoms. The van der Waals surface area contributed by atoms with Crippen LogP contribution in [-0.2, 0) is 0 Å². The number of halogens is 1. The Hall–Kier alpha value is -3.45. The van der Waals surface area contributed by atoms with Crippen LogP contribution in [0.15, 0.2) is 61.1 Å². The molecule has 0 saturated heterocycles. The molecular weight excluding hydrogens is 397 g/mol. The number of nitrogens with zero attached hydrogens (tertiary/aromatic N) is 4. The molecule has 5 nitrogen and oxygen atoms in total. The van der Waals surface area contributed by atoms with E-state index < -0.39 is 5.82 Å². The lowest BCUT2D eigenvalue weighted by molar-refractivity contribution is 0.622. The predicted molar refractivity (Wildman–Crippen MR) is 118 cm³/mol. The Labute approximate surface area is 175 Å². The lowest BCUT2D eigenvalue weighted by Crippen LogP contribution is -1.98. The molecule has 6 rings (SSSR count). The van der Waals surface area contributed by atoms with Gasteiger partial charge in [0.2, 0.25) is 0 Å². The quantitative estimate of drug-likeness (QED) is 0.388. The summed E-state index contributed by atoms with van der Waals surface area (Å²) >= 11 is 1.76. The number of fused-ring (bicyclic) bond motifs is 2. The molecule has 5 aromatic rings. The topological polar surface area (TPSA) is 63.6 Å². The summed E-state index contributed by atoms with van der Waals surface area (Å²) in [5.41, 5.74) is 3.97. The van der Waals surface area contributed by atoms with Gasteiger partial charge < -0.3 is 5.32 Å². The van der Waals surface area contributed by atoms with E-state index in [1.54, 1.807) is 23.7 Å². The van der Waals surface area contributed by atoms with E-state index in [1.807, 2.05) is 30.3 Å². The lowest BCUT2D eigenvalue weighted by Gasteiger charge is -2.11. The molecule has 0 unspecified atom stereocenters. The first-order valence-electron chi connectivity index (χ1n) is 9.77. The van der Waals surface area contributed by atoms with Crippen LogP contribution >= 0.6 is 11.3 Å². The van der Waals surface area contributed by atoms with Crippen LogP contribution in [0.3, 0.4) is 0 Å². The van der Waals surface area contributed by atoms with Crippen molar-refractivity contribution in [2.45, 2.75) is 18.8 Å². The van der Waals surface area contributed by atoms with E-state index in [9.17, 15) is 4.39 Å². The average molecular weight is 413 g/mol. The van der Waals surface area contributed by atoms with E-state index in [-0.39, 0.29) is 0 Å². The minimum absolute atomic E-state index is 0.396. The number of hydrogen-bond acceptors (Lipinski definition) is 6. The molecule has 1 aromatic carbocycles. The summed E-state index contributed by atoms with van der Waals surface area (Å²) in [5.74, 6) is 0.922. The summed E-state index contributed by atoms with van der Waals surface area (Å²) in [6, 6.07) is 13.3. The number of thiazole rings is 1. The number of pyridine rings is 3. The molecule has 146 valence electrons. The number of anilines is 2. The fourth-order valence-corrected chi connectivity index (χ4v) is 4.71. The first-order chi connectivity index (χ1) is 14.7. The van der Waals surface area contributed by atoms with Crippen LogP contribution in [0, 0.1) is 5.82 Å². The third-order valence-electron chi connectivity index (χ3n) is 5.19. The summed E-state index contributed by atoms with van der Waals surface area (Å²) in [6.45, 7) is 0. The Morgan fingerprint density at radius 3 is 2.80 bits per heavy atom. The Morgan fingerprint density at radius 2 is 1.93 bits per heavy atom. The van der Waals surface area contributed by atoms with Gasteiger partial charge >= 0.3 is 0 Å². The van der Waals surface area contributed by atoms with Gasteiger partial charge in [-0.3, -0.25) is 9.97 Å². The summed E-state index contributed by atoms with van der Waals surface area (Å²) < 4.78 is 14.9. The van der Waals surface area contributed by atoms with Crippen LogP contribution in [0.2, 0.25) is 0 Å². The fraction of sp³-hybridized carbons (Fsp3) is 0.130. The second kappa shape index (κ2) is 6.81. The lowest BCUT2D eigenvalue weighted by atomic mass is 10.1. The van der Waals surface area contributed by atoms with Crippen molar-refractivity contribution in [2.75, 3.05) is 5.32 Å². The van der Waals surface area contributed by atoms with Gasteiger partial charge in [0.1, 0.15) is 11.6 Å². The Kier molecular flexibility index (Phi) is 3.95. The second-order valence-corrected chi connectivity index (χ2v) is 8.51. The van der Waals surface area contributed by atoms with Gasteiger partial charge in [-0.05, 0) is 55.3 Å². The van der Waals surface area contributed by atoms with E-state index in [0.717, 1.165) is 26.8 Å². The van der Waals surface area contributed by atoms with Crippen molar-refractivity contribution in [2.24, 2.45) is 0 Å². The molecule has 0 bridgehead atoms. The smallest absolute Gasteiger partial charge is 0.142 e. The van der Waals surface area contributed by atoms with Crippen LogP contribution in [0.5, 0.6) is 0 Å². The molecule has 4 heterocycles. The third-order valence-corrected chi connectivity index (χ3v) is 6.37.